The third kappa shape index (κ3) is 4.56. The van der Waals surface area contributed by atoms with Crippen LogP contribution in [0.4, 0.5) is 0 Å². The van der Waals surface area contributed by atoms with Gasteiger partial charge in [-0.1, -0.05) is 115 Å². The molecule has 0 aliphatic rings. The van der Waals surface area contributed by atoms with Gasteiger partial charge in [0.15, 0.2) is 23.2 Å². The zero-order valence-corrected chi connectivity index (χ0v) is 28.4. The molecule has 0 spiro atoms. The Balaban J connectivity index is 1.25. The predicted octanol–water partition coefficient (Wildman–Crippen LogP) is 11.8. The topological polar surface area (TPSA) is 61.7 Å². The summed E-state index contributed by atoms with van der Waals surface area (Å²) >= 11 is 0. The molecule has 0 amide bonds. The molecule has 4 heterocycles. The number of hydrogen-bond acceptors (Lipinski definition) is 4. The van der Waals surface area contributed by atoms with Crippen molar-refractivity contribution >= 4 is 54.6 Å². The first-order valence-corrected chi connectivity index (χ1v) is 17.7. The van der Waals surface area contributed by atoms with Crippen molar-refractivity contribution in [2.24, 2.45) is 0 Å². The maximum Gasteiger partial charge on any atom is 0.199 e. The highest BCUT2D eigenvalue weighted by molar-refractivity contribution is 6.15. The van der Waals surface area contributed by atoms with Gasteiger partial charge < -0.3 is 13.6 Å². The molecule has 6 nitrogen and oxygen atoms in total. The fourth-order valence-corrected chi connectivity index (χ4v) is 7.91. The highest BCUT2D eigenvalue weighted by atomic mass is 16.3. The number of fused-ring (bicyclic) bond motifs is 7. The van der Waals surface area contributed by atoms with E-state index in [9.17, 15) is 0 Å². The number of aromatic nitrogens is 5. The first-order chi connectivity index (χ1) is 26.3. The SMILES string of the molecule is c1ccc(-n2c3ccccc3c3cccc(-c4nc(-c5cc6ccccc6o5)nc(-c5cccc6c7ccccc7n(-c7ccccc7)c56)n4)c32)cc1. The molecule has 53 heavy (non-hydrogen) atoms. The average molecular weight is 680 g/mol. The van der Waals surface area contributed by atoms with Crippen LogP contribution in [0.3, 0.4) is 0 Å². The average Bonchev–Trinajstić information content (AvgIpc) is 3.92. The molecule has 0 bridgehead atoms. The van der Waals surface area contributed by atoms with E-state index in [1.807, 2.05) is 42.5 Å². The molecule has 0 saturated carbocycles. The van der Waals surface area contributed by atoms with Crippen molar-refractivity contribution in [1.82, 2.24) is 24.1 Å². The van der Waals surface area contributed by atoms with Crippen molar-refractivity contribution in [3.8, 4) is 45.7 Å². The van der Waals surface area contributed by atoms with Gasteiger partial charge in [-0.05, 0) is 60.7 Å². The number of furan rings is 1. The summed E-state index contributed by atoms with van der Waals surface area (Å²) in [6.45, 7) is 0. The van der Waals surface area contributed by atoms with E-state index in [0.29, 0.717) is 23.2 Å². The zero-order valence-electron chi connectivity index (χ0n) is 28.4. The Labute approximate surface area is 303 Å². The molecule has 0 aliphatic heterocycles. The molecule has 11 aromatic rings. The van der Waals surface area contributed by atoms with E-state index in [2.05, 4.69) is 143 Å². The summed E-state index contributed by atoms with van der Waals surface area (Å²) in [4.78, 5) is 15.8. The molecule has 0 aliphatic carbocycles. The predicted molar refractivity (Wildman–Crippen MR) is 215 cm³/mol. The Kier molecular flexibility index (Phi) is 6.45. The van der Waals surface area contributed by atoms with Gasteiger partial charge in [-0.3, -0.25) is 0 Å². The summed E-state index contributed by atoms with van der Waals surface area (Å²) in [7, 11) is 0. The van der Waals surface area contributed by atoms with Crippen LogP contribution in [-0.4, -0.2) is 24.1 Å². The molecule has 6 heteroatoms. The van der Waals surface area contributed by atoms with Crippen molar-refractivity contribution in [1.29, 1.82) is 0 Å². The second-order valence-corrected chi connectivity index (χ2v) is 13.2. The number of benzene rings is 7. The van der Waals surface area contributed by atoms with Crippen LogP contribution in [0.5, 0.6) is 0 Å². The third-order valence-corrected chi connectivity index (χ3v) is 10.2. The number of hydrogen-bond donors (Lipinski definition) is 0. The van der Waals surface area contributed by atoms with Crippen LogP contribution < -0.4 is 0 Å². The van der Waals surface area contributed by atoms with Crippen molar-refractivity contribution < 1.29 is 4.42 Å². The van der Waals surface area contributed by atoms with E-state index in [1.165, 1.54) is 0 Å². The van der Waals surface area contributed by atoms with Gasteiger partial charge >= 0.3 is 0 Å². The lowest BCUT2D eigenvalue weighted by Gasteiger charge is -2.13. The summed E-state index contributed by atoms with van der Waals surface area (Å²) in [5, 5.41) is 5.57. The van der Waals surface area contributed by atoms with Gasteiger partial charge in [0, 0.05) is 49.4 Å². The van der Waals surface area contributed by atoms with Crippen LogP contribution in [0, 0.1) is 0 Å². The van der Waals surface area contributed by atoms with Crippen LogP contribution in [0.1, 0.15) is 0 Å². The van der Waals surface area contributed by atoms with Gasteiger partial charge in [-0.25, -0.2) is 15.0 Å². The van der Waals surface area contributed by atoms with E-state index in [-0.39, 0.29) is 0 Å². The zero-order chi connectivity index (χ0) is 34.9. The Morgan fingerprint density at radius 3 is 1.38 bits per heavy atom. The molecule has 0 saturated heterocycles. The lowest BCUT2D eigenvalue weighted by molar-refractivity contribution is 0.625. The van der Waals surface area contributed by atoms with Crippen LogP contribution in [0.25, 0.3) is 100 Å². The number of rotatable bonds is 5. The molecule has 0 N–H and O–H groups in total. The Hall–Kier alpha value is -7.31. The highest BCUT2D eigenvalue weighted by Gasteiger charge is 2.23. The van der Waals surface area contributed by atoms with E-state index in [0.717, 1.165) is 77.1 Å². The van der Waals surface area contributed by atoms with Crippen molar-refractivity contribution in [2.75, 3.05) is 0 Å². The Morgan fingerprint density at radius 2 is 0.830 bits per heavy atom. The van der Waals surface area contributed by atoms with Crippen molar-refractivity contribution in [3.05, 3.63) is 176 Å². The quantitative estimate of drug-likeness (QED) is 0.182. The Bertz CT molecular complexity index is 2970. The lowest BCUT2D eigenvalue weighted by atomic mass is 10.1. The van der Waals surface area contributed by atoms with E-state index < -0.39 is 0 Å². The summed E-state index contributed by atoms with van der Waals surface area (Å²) in [5.74, 6) is 2.19. The van der Waals surface area contributed by atoms with Gasteiger partial charge in [0.05, 0.1) is 22.1 Å². The Morgan fingerprint density at radius 1 is 0.377 bits per heavy atom. The van der Waals surface area contributed by atoms with Crippen LogP contribution in [0.2, 0.25) is 0 Å². The third-order valence-electron chi connectivity index (χ3n) is 10.2. The molecule has 0 unspecified atom stereocenters. The van der Waals surface area contributed by atoms with Gasteiger partial charge in [-0.15, -0.1) is 0 Å². The minimum Gasteiger partial charge on any atom is -0.453 e. The normalized spacial score (nSPS) is 11.8. The fourth-order valence-electron chi connectivity index (χ4n) is 7.91. The maximum atomic E-state index is 6.43. The van der Waals surface area contributed by atoms with Gasteiger partial charge in [-0.2, -0.15) is 0 Å². The molecule has 0 radical (unpaired) electrons. The lowest BCUT2D eigenvalue weighted by Crippen LogP contribution is -2.03. The van der Waals surface area contributed by atoms with Gasteiger partial charge in [0.2, 0.25) is 0 Å². The first kappa shape index (κ1) is 29.4. The summed E-state index contributed by atoms with van der Waals surface area (Å²) in [5.41, 5.74) is 9.01. The molecule has 248 valence electrons. The molecule has 7 aromatic carbocycles. The summed E-state index contributed by atoms with van der Waals surface area (Å²) < 4.78 is 11.1. The summed E-state index contributed by atoms with van der Waals surface area (Å²) in [6.07, 6.45) is 0. The van der Waals surface area contributed by atoms with Crippen molar-refractivity contribution in [2.45, 2.75) is 0 Å². The molecule has 0 fully saturated rings. The molecular weight excluding hydrogens is 651 g/mol. The molecule has 0 atom stereocenters. The number of para-hydroxylation sites is 7. The van der Waals surface area contributed by atoms with Crippen LogP contribution >= 0.6 is 0 Å². The van der Waals surface area contributed by atoms with Gasteiger partial charge in [0.25, 0.3) is 0 Å². The van der Waals surface area contributed by atoms with E-state index in [1.54, 1.807) is 0 Å². The first-order valence-electron chi connectivity index (χ1n) is 17.7. The van der Waals surface area contributed by atoms with E-state index >= 15 is 0 Å². The highest BCUT2D eigenvalue weighted by Crippen LogP contribution is 2.41. The molecule has 11 rings (SSSR count). The van der Waals surface area contributed by atoms with Crippen LogP contribution in [0.15, 0.2) is 180 Å². The second kappa shape index (κ2) is 11.6. The number of nitrogens with zero attached hydrogens (tertiary/aromatic N) is 5. The minimum absolute atomic E-state index is 0.472. The maximum absolute atomic E-state index is 6.43. The smallest absolute Gasteiger partial charge is 0.199 e. The largest absolute Gasteiger partial charge is 0.453 e. The van der Waals surface area contributed by atoms with Gasteiger partial charge in [0.1, 0.15) is 5.58 Å². The van der Waals surface area contributed by atoms with Crippen LogP contribution in [-0.2, 0) is 0 Å². The molecule has 4 aromatic heterocycles. The standard InChI is InChI=1S/C47H29N5O/c1-3-16-31(17-4-1)51-39-26-10-8-20-33(39)35-22-13-24-37(43(35)51)45-48-46(50-47(49-45)42-29-30-15-7-12-28-41(30)53-42)38-25-14-23-36-34-21-9-11-27-40(34)52(44(36)38)32-18-5-2-6-19-32/h1-29H. The summed E-state index contributed by atoms with van der Waals surface area (Å²) in [6, 6.07) is 60.9. The fraction of sp³-hybridized carbons (Fsp3) is 0. The van der Waals surface area contributed by atoms with Crippen molar-refractivity contribution in [3.63, 3.8) is 0 Å². The second-order valence-electron chi connectivity index (χ2n) is 13.2. The molecular formula is C47H29N5O. The van der Waals surface area contributed by atoms with E-state index in [4.69, 9.17) is 19.4 Å². The monoisotopic (exact) mass is 679 g/mol. The minimum atomic E-state index is 0.472.